The van der Waals surface area contributed by atoms with Crippen molar-refractivity contribution in [2.75, 3.05) is 0 Å². The van der Waals surface area contributed by atoms with Crippen LogP contribution in [-0.2, 0) is 38.1 Å². The van der Waals surface area contributed by atoms with E-state index in [2.05, 4.69) is 13.0 Å². The van der Waals surface area contributed by atoms with Gasteiger partial charge in [-0.1, -0.05) is 22.3 Å². The molecule has 0 fully saturated rings. The average Bonchev–Trinajstić information content (AvgIpc) is 3.38. The fourth-order valence-electron chi connectivity index (χ4n) is 7.87. The molecule has 5 rings (SSSR count). The number of hydrogen-bond acceptors (Lipinski definition) is 8. The number of Topliss-reactive ketones (excluding diaryl/α,β-unsaturated/α-hetero) is 1. The first-order valence-corrected chi connectivity index (χ1v) is 17.5. The molecule has 0 saturated heterocycles. The van der Waals surface area contributed by atoms with Gasteiger partial charge in [-0.25, -0.2) is 9.59 Å². The number of carbonyl (C=O) groups is 4. The van der Waals surface area contributed by atoms with Crippen molar-refractivity contribution in [3.05, 3.63) is 69.8 Å². The molecule has 1 aliphatic carbocycles. The zero-order valence-electron chi connectivity index (χ0n) is 30.0. The Labute approximate surface area is 285 Å². The van der Waals surface area contributed by atoms with Gasteiger partial charge in [0.05, 0.1) is 11.0 Å². The zero-order chi connectivity index (χ0) is 35.0. The van der Waals surface area contributed by atoms with Crippen LogP contribution in [0.1, 0.15) is 120 Å². The normalized spacial score (nSPS) is 30.2. The first kappa shape index (κ1) is 35.6. The highest BCUT2D eigenvalue weighted by Gasteiger charge is 2.58. The first-order valence-electron chi connectivity index (χ1n) is 17.5. The number of allylic oxidation sites excluding steroid dienone is 4. The minimum Gasteiger partial charge on any atom is -0.483 e. The van der Waals surface area contributed by atoms with Crippen LogP contribution in [0.4, 0.5) is 0 Å². The van der Waals surface area contributed by atoms with E-state index in [9.17, 15) is 19.2 Å². The molecular weight excluding hydrogens is 608 g/mol. The zero-order valence-corrected chi connectivity index (χ0v) is 30.0. The molecule has 0 radical (unpaired) electrons. The predicted octanol–water partition coefficient (Wildman–Crippen LogP) is 8.03. The van der Waals surface area contributed by atoms with Crippen LogP contribution in [0, 0.1) is 11.3 Å². The minimum absolute atomic E-state index is 0.0360. The standard InChI is InChI=1S/C40H52O8/c1-24(17-29-19-26(3)21-33(42)45-29)11-9-13-28-14-16-40(32-23-31(41)38(5,6)47-32,35-36(28)48-39(7,8)37(35)44)15-10-12-25(2)18-30-20-27(4)22-34(43)46-30/h17-18,21-23,28-30H,9-16,19-20H2,1-8H3/t28-,29+,30+,40-/m0/s1. The molecule has 0 saturated carbocycles. The summed E-state index contributed by atoms with van der Waals surface area (Å²) in [5, 5.41) is 0. The Morgan fingerprint density at radius 1 is 0.792 bits per heavy atom. The van der Waals surface area contributed by atoms with Crippen molar-refractivity contribution in [1.29, 1.82) is 0 Å². The Balaban J connectivity index is 1.36. The summed E-state index contributed by atoms with van der Waals surface area (Å²) in [6.45, 7) is 15.2. The quantitative estimate of drug-likeness (QED) is 0.162. The first-order chi connectivity index (χ1) is 22.5. The highest BCUT2D eigenvalue weighted by atomic mass is 16.5. The summed E-state index contributed by atoms with van der Waals surface area (Å²) in [4.78, 5) is 51.1. The van der Waals surface area contributed by atoms with Crippen molar-refractivity contribution in [2.24, 2.45) is 11.3 Å². The van der Waals surface area contributed by atoms with Crippen molar-refractivity contribution in [2.45, 2.75) is 143 Å². The Morgan fingerprint density at radius 2 is 1.35 bits per heavy atom. The predicted molar refractivity (Wildman–Crippen MR) is 182 cm³/mol. The van der Waals surface area contributed by atoms with Crippen LogP contribution >= 0.6 is 0 Å². The molecule has 8 heteroatoms. The van der Waals surface area contributed by atoms with Crippen molar-refractivity contribution < 1.29 is 38.1 Å². The molecule has 0 N–H and O–H groups in total. The molecule has 4 atom stereocenters. The van der Waals surface area contributed by atoms with E-state index >= 15 is 0 Å². The molecule has 0 unspecified atom stereocenters. The van der Waals surface area contributed by atoms with Gasteiger partial charge >= 0.3 is 11.9 Å². The topological polar surface area (TPSA) is 105 Å². The van der Waals surface area contributed by atoms with Crippen LogP contribution in [-0.4, -0.2) is 46.9 Å². The van der Waals surface area contributed by atoms with Gasteiger partial charge in [0.2, 0.25) is 11.6 Å². The lowest BCUT2D eigenvalue weighted by Crippen LogP contribution is -2.39. The van der Waals surface area contributed by atoms with Crippen LogP contribution in [0.5, 0.6) is 0 Å². The number of cyclic esters (lactones) is 2. The van der Waals surface area contributed by atoms with Crippen molar-refractivity contribution in [1.82, 2.24) is 0 Å². The van der Waals surface area contributed by atoms with Gasteiger partial charge in [0.25, 0.3) is 0 Å². The molecule has 0 aromatic carbocycles. The van der Waals surface area contributed by atoms with Crippen LogP contribution in [0.15, 0.2) is 69.8 Å². The van der Waals surface area contributed by atoms with Crippen molar-refractivity contribution in [3.8, 4) is 0 Å². The second-order valence-corrected chi connectivity index (χ2v) is 15.6. The van der Waals surface area contributed by atoms with Crippen molar-refractivity contribution >= 4 is 23.5 Å². The summed E-state index contributed by atoms with van der Waals surface area (Å²) in [6, 6.07) is 0. The molecule has 0 aromatic heterocycles. The number of ether oxygens (including phenoxy) is 4. The number of ketones is 2. The molecule has 0 amide bonds. The molecule has 5 aliphatic rings. The number of hydrogen-bond donors (Lipinski definition) is 0. The van der Waals surface area contributed by atoms with Gasteiger partial charge < -0.3 is 18.9 Å². The van der Waals surface area contributed by atoms with Crippen LogP contribution in [0.3, 0.4) is 0 Å². The third-order valence-electron chi connectivity index (χ3n) is 10.4. The molecule has 4 heterocycles. The molecule has 0 aromatic rings. The fraction of sp³-hybridized carbons (Fsp3) is 0.600. The van der Waals surface area contributed by atoms with Crippen LogP contribution in [0.25, 0.3) is 0 Å². The minimum atomic E-state index is -1.00. The smallest absolute Gasteiger partial charge is 0.331 e. The molecule has 0 spiro atoms. The van der Waals surface area contributed by atoms with E-state index in [0.29, 0.717) is 37.0 Å². The maximum absolute atomic E-state index is 14.2. The van der Waals surface area contributed by atoms with Crippen LogP contribution in [0.2, 0.25) is 0 Å². The Morgan fingerprint density at radius 3 is 1.88 bits per heavy atom. The highest BCUT2D eigenvalue weighted by Crippen LogP contribution is 2.58. The van der Waals surface area contributed by atoms with E-state index < -0.39 is 16.6 Å². The summed E-state index contributed by atoms with van der Waals surface area (Å²) in [5.41, 5.74) is 2.24. The largest absolute Gasteiger partial charge is 0.483 e. The van der Waals surface area contributed by atoms with Crippen LogP contribution < -0.4 is 0 Å². The lowest BCUT2D eigenvalue weighted by atomic mass is 9.63. The van der Waals surface area contributed by atoms with Gasteiger partial charge in [-0.05, 0) is 119 Å². The number of carbonyl (C=O) groups excluding carboxylic acids is 4. The molecule has 0 bridgehead atoms. The van der Waals surface area contributed by atoms with E-state index in [1.807, 2.05) is 40.7 Å². The molecule has 48 heavy (non-hydrogen) atoms. The number of esters is 2. The lowest BCUT2D eigenvalue weighted by Gasteiger charge is -2.41. The van der Waals surface area contributed by atoms with Gasteiger partial charge in [0.15, 0.2) is 11.2 Å². The summed E-state index contributed by atoms with van der Waals surface area (Å²) < 4.78 is 23.9. The monoisotopic (exact) mass is 660 g/mol. The van der Waals surface area contributed by atoms with Gasteiger partial charge in [-0.15, -0.1) is 0 Å². The molecular formula is C40H52O8. The maximum atomic E-state index is 14.2. The van der Waals surface area contributed by atoms with E-state index in [1.54, 1.807) is 26.0 Å². The summed E-state index contributed by atoms with van der Waals surface area (Å²) in [7, 11) is 0. The highest BCUT2D eigenvalue weighted by molar-refractivity contribution is 6.06. The van der Waals surface area contributed by atoms with E-state index in [4.69, 9.17) is 18.9 Å². The maximum Gasteiger partial charge on any atom is 0.331 e. The van der Waals surface area contributed by atoms with Gasteiger partial charge in [-0.3, -0.25) is 9.59 Å². The Hall–Kier alpha value is -3.68. The van der Waals surface area contributed by atoms with Gasteiger partial charge in [-0.2, -0.15) is 0 Å². The average molecular weight is 661 g/mol. The second kappa shape index (κ2) is 13.7. The summed E-state index contributed by atoms with van der Waals surface area (Å²) >= 11 is 0. The van der Waals surface area contributed by atoms with E-state index in [-0.39, 0.29) is 41.6 Å². The van der Waals surface area contributed by atoms with E-state index in [1.165, 1.54) is 11.6 Å². The molecule has 260 valence electrons. The SMILES string of the molecule is CC(=C[C@@H]1CC(C)=CC(=O)O1)CCC[C@H]1CC[C@@](CCCC(C)=C[C@@H]2CC(C)=CC(=O)O2)(C2=CC(=O)C(C)(C)O2)C2=C1OC(C)(C)C2=O. The molecule has 8 nitrogen and oxygen atoms in total. The van der Waals surface area contributed by atoms with E-state index in [0.717, 1.165) is 61.0 Å². The Bertz CT molecular complexity index is 1560. The third kappa shape index (κ3) is 7.63. The number of rotatable bonds is 11. The third-order valence-corrected chi connectivity index (χ3v) is 10.4. The summed E-state index contributed by atoms with van der Waals surface area (Å²) in [5.74, 6) is 0.680. The Kier molecular flexibility index (Phi) is 10.1. The van der Waals surface area contributed by atoms with Gasteiger partial charge in [0, 0.05) is 37.0 Å². The lowest BCUT2D eigenvalue weighted by molar-refractivity contribution is -0.143. The molecule has 4 aliphatic heterocycles. The second-order valence-electron chi connectivity index (χ2n) is 15.6. The summed E-state index contributed by atoms with van der Waals surface area (Å²) in [6.07, 6.45) is 15.9. The fourth-order valence-corrected chi connectivity index (χ4v) is 7.87. The van der Waals surface area contributed by atoms with Crippen molar-refractivity contribution in [3.63, 3.8) is 0 Å². The van der Waals surface area contributed by atoms with Gasteiger partial charge in [0.1, 0.15) is 23.7 Å².